The highest BCUT2D eigenvalue weighted by Crippen LogP contribution is 2.45. The number of hydrogen-bond donors (Lipinski definition) is 0. The van der Waals surface area contributed by atoms with E-state index in [2.05, 4.69) is 10.1 Å². The summed E-state index contributed by atoms with van der Waals surface area (Å²) in [6.07, 6.45) is -2.64. The number of benzene rings is 1. The maximum atomic E-state index is 13.5. The first-order valence-electron chi connectivity index (χ1n) is 6.34. The second-order valence-electron chi connectivity index (χ2n) is 5.06. The van der Waals surface area contributed by atoms with E-state index in [1.165, 1.54) is 6.07 Å². The minimum atomic E-state index is -5.05. The van der Waals surface area contributed by atoms with E-state index < -0.39 is 27.1 Å². The Morgan fingerprint density at radius 1 is 1.26 bits per heavy atom. The van der Waals surface area contributed by atoms with Crippen LogP contribution in [0.4, 0.5) is 17.1 Å². The molecule has 2 aromatic rings. The van der Waals surface area contributed by atoms with Gasteiger partial charge in [0, 0.05) is 0 Å². The molecule has 1 aliphatic rings. The smallest absolute Gasteiger partial charge is 0.219 e. The van der Waals surface area contributed by atoms with Gasteiger partial charge in [0.25, 0.3) is 5.82 Å². The van der Waals surface area contributed by atoms with Gasteiger partial charge in [0.1, 0.15) is 11.2 Å². The molecular formula is C12H8ClF4N3O2S. The number of aromatic nitrogens is 3. The molecule has 0 saturated heterocycles. The van der Waals surface area contributed by atoms with Crippen LogP contribution in [0.2, 0.25) is 5.02 Å². The molecule has 11 heteroatoms. The normalized spacial score (nSPS) is 15.9. The molecule has 0 atom stereocenters. The van der Waals surface area contributed by atoms with Gasteiger partial charge in [0.15, 0.2) is 0 Å². The van der Waals surface area contributed by atoms with Crippen LogP contribution in [0, 0.1) is 0 Å². The van der Waals surface area contributed by atoms with Gasteiger partial charge in [-0.25, -0.2) is 9.67 Å². The molecule has 1 aliphatic carbocycles. The lowest BCUT2D eigenvalue weighted by Crippen LogP contribution is -2.09. The largest absolute Gasteiger partial charge is 0.453 e. The Labute approximate surface area is 133 Å². The molecule has 0 bridgehead atoms. The van der Waals surface area contributed by atoms with E-state index in [-0.39, 0.29) is 22.2 Å². The van der Waals surface area contributed by atoms with Crippen LogP contribution in [-0.4, -0.2) is 23.2 Å². The van der Waals surface area contributed by atoms with Gasteiger partial charge in [-0.05, 0) is 36.5 Å². The maximum absolute atomic E-state index is 13.5. The Hall–Kier alpha value is -1.68. The minimum Gasteiger partial charge on any atom is -0.219 e. The van der Waals surface area contributed by atoms with Crippen LogP contribution >= 0.6 is 11.6 Å². The second kappa shape index (κ2) is 5.17. The van der Waals surface area contributed by atoms with Crippen LogP contribution in [0.1, 0.15) is 30.1 Å². The first-order chi connectivity index (χ1) is 10.6. The summed E-state index contributed by atoms with van der Waals surface area (Å²) in [5, 5.41) is 3.16. The summed E-state index contributed by atoms with van der Waals surface area (Å²) in [6, 6.07) is 2.12. The van der Waals surface area contributed by atoms with Crippen LogP contribution in [0.3, 0.4) is 0 Å². The molecule has 1 aromatic heterocycles. The number of rotatable bonds is 3. The maximum Gasteiger partial charge on any atom is 0.453 e. The van der Waals surface area contributed by atoms with Gasteiger partial charge >= 0.3 is 16.4 Å². The van der Waals surface area contributed by atoms with Gasteiger partial charge < -0.3 is 0 Å². The SMILES string of the molecule is O=S(=O)(F)c1cc(-n2cnc(C(F)(F)F)n2)c(Cl)cc1C1CC1. The Morgan fingerprint density at radius 2 is 1.91 bits per heavy atom. The number of alkyl halides is 3. The van der Waals surface area contributed by atoms with Gasteiger partial charge in [-0.3, -0.25) is 0 Å². The topological polar surface area (TPSA) is 64.8 Å². The van der Waals surface area contributed by atoms with E-state index in [1.807, 2.05) is 0 Å². The molecule has 3 rings (SSSR count). The van der Waals surface area contributed by atoms with Crippen molar-refractivity contribution in [1.82, 2.24) is 14.8 Å². The molecular weight excluding hydrogens is 362 g/mol. The zero-order chi connectivity index (χ0) is 17.0. The second-order valence-corrected chi connectivity index (χ2v) is 6.79. The van der Waals surface area contributed by atoms with Crippen molar-refractivity contribution in [2.24, 2.45) is 0 Å². The summed E-state index contributed by atoms with van der Waals surface area (Å²) in [5.41, 5.74) is 0.0210. The Morgan fingerprint density at radius 3 is 2.39 bits per heavy atom. The lowest BCUT2D eigenvalue weighted by molar-refractivity contribution is -0.144. The quantitative estimate of drug-likeness (QED) is 0.614. The molecule has 0 N–H and O–H groups in total. The molecule has 23 heavy (non-hydrogen) atoms. The first kappa shape index (κ1) is 16.2. The zero-order valence-corrected chi connectivity index (χ0v) is 12.8. The Balaban J connectivity index is 2.15. The Bertz CT molecular complexity index is 875. The van der Waals surface area contributed by atoms with E-state index in [1.54, 1.807) is 0 Å². The third-order valence-corrected chi connectivity index (χ3v) is 4.53. The van der Waals surface area contributed by atoms with Crippen LogP contribution in [-0.2, 0) is 16.4 Å². The number of nitrogens with zero attached hydrogens (tertiary/aromatic N) is 3. The van der Waals surface area contributed by atoms with E-state index in [9.17, 15) is 25.5 Å². The highest BCUT2D eigenvalue weighted by atomic mass is 35.5. The molecule has 0 radical (unpaired) electrons. The van der Waals surface area contributed by atoms with E-state index in [0.717, 1.165) is 12.4 Å². The van der Waals surface area contributed by atoms with Gasteiger partial charge in [-0.15, -0.1) is 8.98 Å². The monoisotopic (exact) mass is 369 g/mol. The highest BCUT2D eigenvalue weighted by molar-refractivity contribution is 7.86. The molecule has 1 heterocycles. The van der Waals surface area contributed by atoms with Crippen LogP contribution in [0.15, 0.2) is 23.4 Å². The number of halogens is 5. The van der Waals surface area contributed by atoms with E-state index in [4.69, 9.17) is 11.6 Å². The highest BCUT2D eigenvalue weighted by Gasteiger charge is 2.36. The van der Waals surface area contributed by atoms with Crippen molar-refractivity contribution in [3.05, 3.63) is 34.9 Å². The van der Waals surface area contributed by atoms with Crippen molar-refractivity contribution in [2.75, 3.05) is 0 Å². The Kier molecular flexibility index (Phi) is 3.64. The number of hydrogen-bond acceptors (Lipinski definition) is 4. The third-order valence-electron chi connectivity index (χ3n) is 3.35. The molecule has 1 saturated carbocycles. The van der Waals surface area contributed by atoms with E-state index in [0.29, 0.717) is 17.5 Å². The molecule has 0 spiro atoms. The summed E-state index contributed by atoms with van der Waals surface area (Å²) in [6.45, 7) is 0. The molecule has 1 fully saturated rings. The summed E-state index contributed by atoms with van der Waals surface area (Å²) < 4.78 is 74.4. The van der Waals surface area contributed by atoms with E-state index >= 15 is 0 Å². The summed E-state index contributed by atoms with van der Waals surface area (Å²) in [5.74, 6) is -1.53. The van der Waals surface area contributed by atoms with Gasteiger partial charge in [0.05, 0.1) is 10.7 Å². The fourth-order valence-corrected chi connectivity index (χ4v) is 3.19. The molecule has 124 valence electrons. The fraction of sp³-hybridized carbons (Fsp3) is 0.333. The lowest BCUT2D eigenvalue weighted by atomic mass is 10.1. The van der Waals surface area contributed by atoms with Crippen molar-refractivity contribution in [1.29, 1.82) is 0 Å². The minimum absolute atomic E-state index is 0.0436. The van der Waals surface area contributed by atoms with Gasteiger partial charge in [-0.2, -0.15) is 21.6 Å². The van der Waals surface area contributed by atoms with Crippen LogP contribution in [0.5, 0.6) is 0 Å². The molecule has 0 aliphatic heterocycles. The predicted molar refractivity (Wildman–Crippen MR) is 71.6 cm³/mol. The van der Waals surface area contributed by atoms with Crippen LogP contribution < -0.4 is 0 Å². The standard InChI is InChI=1S/C12H8ClF4N3O2S/c13-8-3-7(6-1-2-6)10(23(17,21)22)4-9(8)20-5-18-11(19-20)12(14,15)16/h3-6H,1-2H2. The van der Waals surface area contributed by atoms with Crippen molar-refractivity contribution >= 4 is 21.8 Å². The lowest BCUT2D eigenvalue weighted by Gasteiger charge is -2.10. The van der Waals surface area contributed by atoms with Gasteiger partial charge in [0.2, 0.25) is 0 Å². The molecule has 1 aromatic carbocycles. The molecule has 0 amide bonds. The van der Waals surface area contributed by atoms with Crippen molar-refractivity contribution < 1.29 is 25.5 Å². The summed E-state index contributed by atoms with van der Waals surface area (Å²) in [4.78, 5) is 2.48. The van der Waals surface area contributed by atoms with Crippen molar-refractivity contribution in [2.45, 2.75) is 29.8 Å². The average molecular weight is 370 g/mol. The fourth-order valence-electron chi connectivity index (χ4n) is 2.17. The average Bonchev–Trinajstić information content (AvgIpc) is 3.13. The van der Waals surface area contributed by atoms with Crippen LogP contribution in [0.25, 0.3) is 5.69 Å². The summed E-state index contributed by atoms with van der Waals surface area (Å²) >= 11 is 5.99. The third kappa shape index (κ3) is 3.18. The molecule has 0 unspecified atom stereocenters. The first-order valence-corrected chi connectivity index (χ1v) is 8.11. The van der Waals surface area contributed by atoms with Gasteiger partial charge in [-0.1, -0.05) is 11.6 Å². The summed E-state index contributed by atoms with van der Waals surface area (Å²) in [7, 11) is -5.05. The predicted octanol–water partition coefficient (Wildman–Crippen LogP) is 3.48. The van der Waals surface area contributed by atoms with Crippen molar-refractivity contribution in [3.63, 3.8) is 0 Å². The molecule has 5 nitrogen and oxygen atoms in total. The zero-order valence-electron chi connectivity index (χ0n) is 11.2. The van der Waals surface area contributed by atoms with Crippen molar-refractivity contribution in [3.8, 4) is 5.69 Å².